The van der Waals surface area contributed by atoms with Crippen molar-refractivity contribution in [3.8, 4) is 5.75 Å². The summed E-state index contributed by atoms with van der Waals surface area (Å²) >= 11 is 0. The Balaban J connectivity index is 1.99. The highest BCUT2D eigenvalue weighted by molar-refractivity contribution is 5.78. The lowest BCUT2D eigenvalue weighted by Crippen LogP contribution is -2.33. The fourth-order valence-corrected chi connectivity index (χ4v) is 1.74. The first-order valence-electron chi connectivity index (χ1n) is 5.90. The first kappa shape index (κ1) is 12.8. The molecular weight excluding hydrogens is 237 g/mol. The Morgan fingerprint density at radius 3 is 2.89 bits per heavy atom. The molecule has 0 atom stereocenters. The average Bonchev–Trinajstić information content (AvgIpc) is 3.20. The molecule has 1 aromatic carbocycles. The van der Waals surface area contributed by atoms with E-state index in [1.54, 1.807) is 18.0 Å². The number of ether oxygens (including phenoxy) is 1. The van der Waals surface area contributed by atoms with Crippen molar-refractivity contribution in [3.63, 3.8) is 0 Å². The molecule has 0 radical (unpaired) electrons. The molecule has 0 unspecified atom stereocenters. The molecule has 2 rings (SSSR count). The van der Waals surface area contributed by atoms with Gasteiger partial charge in [0.15, 0.2) is 18.2 Å². The second-order valence-electron chi connectivity index (χ2n) is 4.41. The van der Waals surface area contributed by atoms with Gasteiger partial charge in [-0.05, 0) is 18.9 Å². The van der Waals surface area contributed by atoms with Crippen LogP contribution in [0.4, 0.5) is 4.39 Å². The van der Waals surface area contributed by atoms with Crippen molar-refractivity contribution < 1.29 is 19.0 Å². The number of aliphatic hydroxyl groups is 1. The number of carbonyl (C=O) groups excluding carboxylic acids is 1. The lowest BCUT2D eigenvalue weighted by atomic mass is 10.2. The average molecular weight is 253 g/mol. The first-order valence-corrected chi connectivity index (χ1v) is 5.90. The van der Waals surface area contributed by atoms with E-state index in [9.17, 15) is 9.18 Å². The minimum atomic E-state index is -0.566. The molecule has 0 heterocycles. The summed E-state index contributed by atoms with van der Waals surface area (Å²) in [5, 5.41) is 9.07. The molecule has 5 heteroatoms. The van der Waals surface area contributed by atoms with Gasteiger partial charge >= 0.3 is 0 Å². The van der Waals surface area contributed by atoms with Crippen LogP contribution in [-0.4, -0.2) is 35.6 Å². The number of carbonyl (C=O) groups is 1. The maximum atomic E-state index is 13.5. The van der Waals surface area contributed by atoms with E-state index in [4.69, 9.17) is 9.84 Å². The van der Waals surface area contributed by atoms with Crippen LogP contribution in [0.1, 0.15) is 18.4 Å². The second-order valence-corrected chi connectivity index (χ2v) is 4.41. The molecule has 1 fully saturated rings. The molecule has 0 aromatic heterocycles. The molecule has 98 valence electrons. The van der Waals surface area contributed by atoms with Crippen molar-refractivity contribution in [2.45, 2.75) is 25.5 Å². The summed E-state index contributed by atoms with van der Waals surface area (Å²) in [6, 6.07) is 4.60. The monoisotopic (exact) mass is 253 g/mol. The predicted molar refractivity (Wildman–Crippen MR) is 63.6 cm³/mol. The standard InChI is InChI=1S/C13H16FNO3/c1-15(10-5-6-10)12(17)8-18-13-9(7-16)3-2-4-11(13)14/h2-4,10,16H,5-8H2,1H3. The van der Waals surface area contributed by atoms with E-state index in [1.807, 2.05) is 0 Å². The van der Waals surface area contributed by atoms with Crippen molar-refractivity contribution in [3.05, 3.63) is 29.6 Å². The van der Waals surface area contributed by atoms with Gasteiger partial charge in [-0.1, -0.05) is 12.1 Å². The van der Waals surface area contributed by atoms with Crippen LogP contribution in [0.15, 0.2) is 18.2 Å². The van der Waals surface area contributed by atoms with Gasteiger partial charge in [0, 0.05) is 18.7 Å². The third-order valence-corrected chi connectivity index (χ3v) is 3.05. The van der Waals surface area contributed by atoms with E-state index in [1.165, 1.54) is 12.1 Å². The summed E-state index contributed by atoms with van der Waals surface area (Å²) in [6.45, 7) is -0.527. The smallest absolute Gasteiger partial charge is 0.260 e. The molecule has 1 aliphatic carbocycles. The minimum Gasteiger partial charge on any atom is -0.480 e. The van der Waals surface area contributed by atoms with Crippen LogP contribution < -0.4 is 4.74 Å². The Bertz CT molecular complexity index is 446. The lowest BCUT2D eigenvalue weighted by molar-refractivity contribution is -0.132. The van der Waals surface area contributed by atoms with Crippen molar-refractivity contribution in [2.75, 3.05) is 13.7 Å². The third kappa shape index (κ3) is 2.79. The maximum Gasteiger partial charge on any atom is 0.260 e. The van der Waals surface area contributed by atoms with Gasteiger partial charge in [0.25, 0.3) is 5.91 Å². The van der Waals surface area contributed by atoms with E-state index in [0.717, 1.165) is 12.8 Å². The van der Waals surface area contributed by atoms with Crippen LogP contribution in [0.3, 0.4) is 0 Å². The summed E-state index contributed by atoms with van der Waals surface area (Å²) in [5.41, 5.74) is 0.344. The van der Waals surface area contributed by atoms with Crippen LogP contribution in [0.2, 0.25) is 0 Å². The Hall–Kier alpha value is -1.62. The van der Waals surface area contributed by atoms with E-state index in [-0.39, 0.29) is 24.9 Å². The number of aliphatic hydroxyl groups excluding tert-OH is 1. The highest BCUT2D eigenvalue weighted by atomic mass is 19.1. The predicted octanol–water partition coefficient (Wildman–Crippen LogP) is 1.32. The van der Waals surface area contributed by atoms with E-state index in [2.05, 4.69) is 0 Å². The molecule has 4 nitrogen and oxygen atoms in total. The topological polar surface area (TPSA) is 49.8 Å². The van der Waals surface area contributed by atoms with Gasteiger partial charge in [-0.25, -0.2) is 4.39 Å². The Kier molecular flexibility index (Phi) is 3.81. The number of para-hydroxylation sites is 1. The first-order chi connectivity index (χ1) is 8.63. The zero-order valence-electron chi connectivity index (χ0n) is 10.2. The summed E-state index contributed by atoms with van der Waals surface area (Å²) in [7, 11) is 1.72. The maximum absolute atomic E-state index is 13.5. The van der Waals surface area contributed by atoms with Crippen molar-refractivity contribution in [1.82, 2.24) is 4.90 Å². The molecule has 1 aromatic rings. The molecular formula is C13H16FNO3. The van der Waals surface area contributed by atoms with Crippen molar-refractivity contribution >= 4 is 5.91 Å². The normalized spacial score (nSPS) is 14.4. The Morgan fingerprint density at radius 1 is 1.56 bits per heavy atom. The summed E-state index contributed by atoms with van der Waals surface area (Å²) < 4.78 is 18.7. The zero-order chi connectivity index (χ0) is 13.1. The van der Waals surface area contributed by atoms with Crippen molar-refractivity contribution in [1.29, 1.82) is 0 Å². The van der Waals surface area contributed by atoms with Gasteiger partial charge in [-0.3, -0.25) is 4.79 Å². The van der Waals surface area contributed by atoms with Crippen LogP contribution in [0, 0.1) is 5.82 Å². The van der Waals surface area contributed by atoms with Gasteiger partial charge < -0.3 is 14.7 Å². The molecule has 0 saturated heterocycles. The van der Waals surface area contributed by atoms with Crippen LogP contribution in [-0.2, 0) is 11.4 Å². The fraction of sp³-hybridized carbons (Fsp3) is 0.462. The number of hydrogen-bond acceptors (Lipinski definition) is 3. The fourth-order valence-electron chi connectivity index (χ4n) is 1.74. The van der Waals surface area contributed by atoms with Gasteiger partial charge in [0.1, 0.15) is 0 Å². The zero-order valence-corrected chi connectivity index (χ0v) is 10.2. The molecule has 1 saturated carbocycles. The second kappa shape index (κ2) is 5.35. The molecule has 18 heavy (non-hydrogen) atoms. The third-order valence-electron chi connectivity index (χ3n) is 3.05. The van der Waals surface area contributed by atoms with E-state index >= 15 is 0 Å². The largest absolute Gasteiger partial charge is 0.480 e. The van der Waals surface area contributed by atoms with Gasteiger partial charge in [-0.2, -0.15) is 0 Å². The quantitative estimate of drug-likeness (QED) is 0.861. The number of halogens is 1. The number of likely N-dealkylation sites (N-methyl/N-ethyl adjacent to an activating group) is 1. The van der Waals surface area contributed by atoms with E-state index < -0.39 is 5.82 Å². The molecule has 0 aliphatic heterocycles. The van der Waals surface area contributed by atoms with Crippen molar-refractivity contribution in [2.24, 2.45) is 0 Å². The number of nitrogens with zero attached hydrogens (tertiary/aromatic N) is 1. The Morgan fingerprint density at radius 2 is 2.28 bits per heavy atom. The highest BCUT2D eigenvalue weighted by Gasteiger charge is 2.29. The summed E-state index contributed by atoms with van der Waals surface area (Å²) in [6.07, 6.45) is 2.04. The SMILES string of the molecule is CN(C(=O)COc1c(F)cccc1CO)C1CC1. The number of benzene rings is 1. The van der Waals surface area contributed by atoms with Crippen LogP contribution in [0.25, 0.3) is 0 Å². The van der Waals surface area contributed by atoms with Gasteiger partial charge in [0.2, 0.25) is 0 Å². The van der Waals surface area contributed by atoms with Crippen LogP contribution >= 0.6 is 0 Å². The van der Waals surface area contributed by atoms with E-state index in [0.29, 0.717) is 11.6 Å². The van der Waals surface area contributed by atoms with Crippen LogP contribution in [0.5, 0.6) is 5.75 Å². The molecule has 0 bridgehead atoms. The molecule has 1 N–H and O–H groups in total. The summed E-state index contributed by atoms with van der Waals surface area (Å²) in [4.78, 5) is 13.3. The van der Waals surface area contributed by atoms with Gasteiger partial charge in [-0.15, -0.1) is 0 Å². The number of rotatable bonds is 5. The minimum absolute atomic E-state index is 0.0439. The van der Waals surface area contributed by atoms with Gasteiger partial charge in [0.05, 0.1) is 6.61 Å². The summed E-state index contributed by atoms with van der Waals surface area (Å²) in [5.74, 6) is -0.786. The highest BCUT2D eigenvalue weighted by Crippen LogP contribution is 2.26. The molecule has 1 aliphatic rings. The lowest BCUT2D eigenvalue weighted by Gasteiger charge is -2.17. The molecule has 0 spiro atoms. The molecule has 1 amide bonds. The number of amides is 1. The Labute approximate surface area is 105 Å². The number of hydrogen-bond donors (Lipinski definition) is 1.